The Morgan fingerprint density at radius 1 is 1.02 bits per heavy atom. The number of allylic oxidation sites excluding steroid dienone is 1. The molecule has 0 fully saturated rings. The number of hydrogen-bond donors (Lipinski definition) is 5. The SMILES string of the molecule is C=Cc1c(C)c2cc3nc(c(C(O)C(=O)OC)c4nc(cc5[nH]c(cc1[nH]2)c(C)c5CC)C(C)=C4C(=O)NCCCO)C(CCC(=O)OC)C3C. The molecule has 0 saturated carbocycles. The van der Waals surface area contributed by atoms with Crippen molar-refractivity contribution in [2.75, 3.05) is 27.4 Å². The minimum Gasteiger partial charge on any atom is -0.469 e. The Labute approximate surface area is 297 Å². The number of aryl methyl sites for hydroxylation is 3. The molecule has 3 unspecified atom stereocenters. The van der Waals surface area contributed by atoms with Gasteiger partial charge in [-0.25, -0.2) is 9.78 Å². The van der Waals surface area contributed by atoms with Crippen molar-refractivity contribution in [2.45, 2.75) is 78.2 Å². The van der Waals surface area contributed by atoms with Gasteiger partial charge in [0, 0.05) is 70.3 Å². The lowest BCUT2D eigenvalue weighted by Crippen LogP contribution is -2.27. The van der Waals surface area contributed by atoms with E-state index in [9.17, 15) is 24.6 Å². The molecule has 8 bridgehead atoms. The van der Waals surface area contributed by atoms with Crippen LogP contribution in [0.1, 0.15) is 109 Å². The van der Waals surface area contributed by atoms with E-state index < -0.39 is 29.9 Å². The number of ether oxygens (including phenoxy) is 2. The predicted molar refractivity (Wildman–Crippen MR) is 197 cm³/mol. The molecule has 270 valence electrons. The zero-order valence-corrected chi connectivity index (χ0v) is 30.3. The molecule has 0 radical (unpaired) electrons. The smallest absolute Gasteiger partial charge is 0.339 e. The van der Waals surface area contributed by atoms with Gasteiger partial charge in [-0.1, -0.05) is 26.5 Å². The van der Waals surface area contributed by atoms with Crippen molar-refractivity contribution >= 4 is 57.1 Å². The molecule has 0 aromatic carbocycles. The van der Waals surface area contributed by atoms with Gasteiger partial charge in [-0.3, -0.25) is 14.6 Å². The summed E-state index contributed by atoms with van der Waals surface area (Å²) in [5.41, 5.74) is 9.59. The number of amides is 1. The number of aliphatic hydroxyl groups excluding tert-OH is 2. The Morgan fingerprint density at radius 3 is 2.37 bits per heavy atom. The Kier molecular flexibility index (Phi) is 11.3. The number of H-pyrrole nitrogens is 2. The van der Waals surface area contributed by atoms with Crippen LogP contribution < -0.4 is 5.32 Å². The fraction of sp³-hybridized carbons (Fsp3) is 0.410. The third-order valence-corrected chi connectivity index (χ3v) is 10.1. The highest BCUT2D eigenvalue weighted by Gasteiger charge is 2.39. The summed E-state index contributed by atoms with van der Waals surface area (Å²) in [6, 6.07) is 5.87. The minimum absolute atomic E-state index is 0.0252. The highest BCUT2D eigenvalue weighted by Crippen LogP contribution is 2.45. The number of aromatic nitrogens is 4. The van der Waals surface area contributed by atoms with E-state index in [1.165, 1.54) is 14.2 Å². The van der Waals surface area contributed by atoms with Crippen LogP contribution >= 0.6 is 0 Å². The van der Waals surface area contributed by atoms with Crippen LogP contribution in [0.4, 0.5) is 0 Å². The first-order chi connectivity index (χ1) is 24.4. The van der Waals surface area contributed by atoms with Crippen molar-refractivity contribution in [3.63, 3.8) is 0 Å². The molecule has 5 heterocycles. The van der Waals surface area contributed by atoms with Gasteiger partial charge in [-0.2, -0.15) is 0 Å². The molecular weight excluding hydrogens is 650 g/mol. The number of methoxy groups -OCH3 is 2. The number of nitrogens with zero attached hydrogens (tertiary/aromatic N) is 2. The molecule has 12 nitrogen and oxygen atoms in total. The molecule has 12 heteroatoms. The topological polar surface area (TPSA) is 180 Å². The number of nitrogens with one attached hydrogen (secondary N) is 3. The average Bonchev–Trinajstić information content (AvgIpc) is 3.79. The fourth-order valence-corrected chi connectivity index (χ4v) is 7.13. The quantitative estimate of drug-likeness (QED) is 0.126. The maximum atomic E-state index is 14.0. The van der Waals surface area contributed by atoms with Crippen molar-refractivity contribution in [2.24, 2.45) is 0 Å². The van der Waals surface area contributed by atoms with E-state index in [1.807, 2.05) is 32.1 Å². The van der Waals surface area contributed by atoms with Crippen molar-refractivity contribution < 1.29 is 34.1 Å². The molecule has 3 aromatic rings. The first kappa shape index (κ1) is 37.2. The number of esters is 2. The highest BCUT2D eigenvalue weighted by atomic mass is 16.5. The third kappa shape index (κ3) is 6.98. The van der Waals surface area contributed by atoms with Gasteiger partial charge in [0.25, 0.3) is 5.91 Å². The molecule has 0 saturated heterocycles. The van der Waals surface area contributed by atoms with Gasteiger partial charge in [0.2, 0.25) is 0 Å². The van der Waals surface area contributed by atoms with E-state index in [0.29, 0.717) is 35.5 Å². The number of carbonyl (C=O) groups excluding carboxylic acids is 3. The zero-order valence-electron chi connectivity index (χ0n) is 30.3. The van der Waals surface area contributed by atoms with E-state index in [0.717, 1.165) is 44.3 Å². The number of aromatic amines is 2. The largest absolute Gasteiger partial charge is 0.469 e. The molecule has 5 rings (SSSR count). The summed E-state index contributed by atoms with van der Waals surface area (Å²) in [5.74, 6) is -2.62. The van der Waals surface area contributed by atoms with Crippen molar-refractivity contribution in [1.82, 2.24) is 25.3 Å². The van der Waals surface area contributed by atoms with Gasteiger partial charge in [-0.05, 0) is 80.5 Å². The van der Waals surface area contributed by atoms with Crippen LogP contribution in [0.25, 0.3) is 39.3 Å². The summed E-state index contributed by atoms with van der Waals surface area (Å²) in [6.45, 7) is 14.0. The summed E-state index contributed by atoms with van der Waals surface area (Å²) in [6.07, 6.45) is 1.33. The van der Waals surface area contributed by atoms with Crippen LogP contribution in [-0.2, 0) is 30.3 Å². The maximum Gasteiger partial charge on any atom is 0.339 e. The molecule has 51 heavy (non-hydrogen) atoms. The Hall–Kier alpha value is -5.07. The lowest BCUT2D eigenvalue weighted by atomic mass is 9.84. The van der Waals surface area contributed by atoms with Crippen LogP contribution in [-0.4, -0.2) is 75.4 Å². The van der Waals surface area contributed by atoms with Gasteiger partial charge < -0.3 is 35.0 Å². The monoisotopic (exact) mass is 697 g/mol. The van der Waals surface area contributed by atoms with E-state index in [2.05, 4.69) is 41.8 Å². The van der Waals surface area contributed by atoms with Crippen LogP contribution in [0.2, 0.25) is 0 Å². The number of hydrogen-bond acceptors (Lipinski definition) is 9. The van der Waals surface area contributed by atoms with Gasteiger partial charge in [0.15, 0.2) is 6.10 Å². The lowest BCUT2D eigenvalue weighted by molar-refractivity contribution is -0.150. The van der Waals surface area contributed by atoms with E-state index >= 15 is 0 Å². The first-order valence-corrected chi connectivity index (χ1v) is 17.2. The summed E-state index contributed by atoms with van der Waals surface area (Å²) in [5, 5.41) is 24.0. The zero-order chi connectivity index (χ0) is 37.1. The second kappa shape index (κ2) is 15.4. The summed E-state index contributed by atoms with van der Waals surface area (Å²) < 4.78 is 9.99. The molecule has 1 amide bonds. The van der Waals surface area contributed by atoms with Gasteiger partial charge in [-0.15, -0.1) is 0 Å². The van der Waals surface area contributed by atoms with Crippen molar-refractivity contribution in [1.29, 1.82) is 0 Å². The van der Waals surface area contributed by atoms with E-state index in [1.54, 1.807) is 6.92 Å². The predicted octanol–water partition coefficient (Wildman–Crippen LogP) is 5.61. The number of fused-ring (bicyclic) bond motifs is 8. The normalized spacial score (nSPS) is 16.2. The molecule has 3 atom stereocenters. The number of rotatable bonds is 11. The van der Waals surface area contributed by atoms with Gasteiger partial charge in [0.05, 0.1) is 36.9 Å². The van der Waals surface area contributed by atoms with Gasteiger partial charge >= 0.3 is 11.9 Å². The number of aliphatic hydroxyl groups is 2. The molecule has 2 aliphatic heterocycles. The van der Waals surface area contributed by atoms with Crippen LogP contribution in [0, 0.1) is 13.8 Å². The maximum absolute atomic E-state index is 14.0. The van der Waals surface area contributed by atoms with Crippen molar-refractivity contribution in [3.05, 3.63) is 75.4 Å². The second-order valence-corrected chi connectivity index (χ2v) is 13.0. The molecule has 0 spiro atoms. The molecular formula is C39H47N5O7. The molecule has 3 aromatic heterocycles. The lowest BCUT2D eigenvalue weighted by Gasteiger charge is -2.20. The Balaban J connectivity index is 2.02. The first-order valence-electron chi connectivity index (χ1n) is 17.2. The van der Waals surface area contributed by atoms with Gasteiger partial charge in [0.1, 0.15) is 0 Å². The van der Waals surface area contributed by atoms with Crippen molar-refractivity contribution in [3.8, 4) is 0 Å². The Bertz CT molecular complexity index is 2090. The second-order valence-electron chi connectivity index (χ2n) is 13.0. The molecule has 0 aliphatic carbocycles. The Morgan fingerprint density at radius 2 is 1.73 bits per heavy atom. The summed E-state index contributed by atoms with van der Waals surface area (Å²) in [4.78, 5) is 56.8. The molecule has 2 aliphatic rings. The molecule has 5 N–H and O–H groups in total. The highest BCUT2D eigenvalue weighted by molar-refractivity contribution is 6.27. The minimum atomic E-state index is -1.86. The van der Waals surface area contributed by atoms with Crippen LogP contribution in [0.5, 0.6) is 0 Å². The third-order valence-electron chi connectivity index (χ3n) is 10.1. The van der Waals surface area contributed by atoms with E-state index in [4.69, 9.17) is 19.4 Å². The number of carbonyl (C=O) groups is 3. The van der Waals surface area contributed by atoms with Crippen LogP contribution in [0.3, 0.4) is 0 Å². The standard InChI is InChI=1S/C39H47N5O7/c1-9-23-19(3)26-16-28-21(5)25(12-13-32(46)50-7)35(43-28)34(37(47)39(49)51-8)36-33(38(48)40-14-11-15-45)22(6)29(44-36)18-31-24(10-2)20(4)27(42-31)17-30(23)41-26/h9,16-18,21,25,37,41-42,45,47H,1,10-15H2,2-8H3,(H,40,48). The average molecular weight is 698 g/mol. The summed E-state index contributed by atoms with van der Waals surface area (Å²) in [7, 11) is 2.49. The van der Waals surface area contributed by atoms with Crippen LogP contribution in [0.15, 0.2) is 24.8 Å². The van der Waals surface area contributed by atoms with E-state index in [-0.39, 0.29) is 48.7 Å². The summed E-state index contributed by atoms with van der Waals surface area (Å²) >= 11 is 0. The fourth-order valence-electron chi connectivity index (χ4n) is 7.13.